The third kappa shape index (κ3) is 8.26. The van der Waals surface area contributed by atoms with Crippen LogP contribution in [-0.4, -0.2) is 105 Å². The van der Waals surface area contributed by atoms with Gasteiger partial charge >= 0.3 is 10.3 Å². The number of carbonyl (C=O) groups is 1. The van der Waals surface area contributed by atoms with Crippen molar-refractivity contribution < 1.29 is 37.5 Å². The molecule has 5 N–H and O–H groups in total. The van der Waals surface area contributed by atoms with Gasteiger partial charge in [-0.1, -0.05) is 63.2 Å². The monoisotopic (exact) mass is 683 g/mol. The number of phenols is 1. The van der Waals surface area contributed by atoms with Gasteiger partial charge in [0.2, 0.25) is 0 Å². The highest BCUT2D eigenvalue weighted by atomic mass is 32.2. The van der Waals surface area contributed by atoms with Gasteiger partial charge in [0.1, 0.15) is 24.1 Å². The van der Waals surface area contributed by atoms with Crippen LogP contribution in [0.5, 0.6) is 5.75 Å². The molecule has 2 aromatic heterocycles. The van der Waals surface area contributed by atoms with Gasteiger partial charge < -0.3 is 30.3 Å². The highest BCUT2D eigenvalue weighted by Gasteiger charge is 2.45. The average molecular weight is 684 g/mol. The van der Waals surface area contributed by atoms with Gasteiger partial charge in [0.15, 0.2) is 29.0 Å². The highest BCUT2D eigenvalue weighted by molar-refractivity contribution is 7.85. The fraction of sp³-hybridized carbons (Fsp3) is 0.438. The molecular formula is C32H41N7O8S. The number of benzene rings is 2. The van der Waals surface area contributed by atoms with Crippen molar-refractivity contribution in [2.75, 3.05) is 31.6 Å². The van der Waals surface area contributed by atoms with E-state index >= 15 is 0 Å². The Hall–Kier alpha value is -4.19. The number of fused-ring (bicyclic) bond motifs is 1. The van der Waals surface area contributed by atoms with E-state index in [2.05, 4.69) is 45.9 Å². The maximum Gasteiger partial charge on any atom is 0.362 e. The molecule has 2 unspecified atom stereocenters. The van der Waals surface area contributed by atoms with E-state index < -0.39 is 53.1 Å². The van der Waals surface area contributed by atoms with Crippen molar-refractivity contribution in [3.63, 3.8) is 0 Å². The summed E-state index contributed by atoms with van der Waals surface area (Å²) in [6.07, 6.45) is -2.10. The molecule has 1 saturated carbocycles. The average Bonchev–Trinajstić information content (AvgIpc) is 3.73. The number of aromatic nitrogens is 4. The first-order valence-electron chi connectivity index (χ1n) is 15.8. The normalized spacial score (nSPS) is 20.8. The summed E-state index contributed by atoms with van der Waals surface area (Å²) in [5.74, 6) is -0.581. The predicted octanol–water partition coefficient (Wildman–Crippen LogP) is 2.43. The zero-order chi connectivity index (χ0) is 34.4. The molecule has 4 aromatic rings. The van der Waals surface area contributed by atoms with Crippen LogP contribution in [-0.2, 0) is 19.2 Å². The topological polar surface area (TPSA) is 201 Å². The second-order valence-electron chi connectivity index (χ2n) is 11.4. The number of nitrogens with zero attached hydrogens (tertiary/aromatic N) is 5. The number of anilines is 1. The summed E-state index contributed by atoms with van der Waals surface area (Å²) in [5.41, 5.74) is 1.27. The summed E-state index contributed by atoms with van der Waals surface area (Å²) in [4.78, 5) is 28.4. The lowest BCUT2D eigenvalue weighted by atomic mass is 10.1. The molecule has 1 aliphatic heterocycles. The van der Waals surface area contributed by atoms with Crippen LogP contribution in [0, 0.1) is 0 Å². The Balaban J connectivity index is 0.000000582. The first kappa shape index (κ1) is 35.1. The van der Waals surface area contributed by atoms with Crippen LogP contribution in [0.25, 0.3) is 22.6 Å². The largest absolute Gasteiger partial charge is 0.507 e. The fourth-order valence-electron chi connectivity index (χ4n) is 5.13. The first-order chi connectivity index (χ1) is 23.0. The number of para-hydroxylation sites is 1. The van der Waals surface area contributed by atoms with Crippen molar-refractivity contribution in [1.29, 1.82) is 0 Å². The number of aromatic hydroxyl groups is 1. The molecule has 1 aliphatic carbocycles. The number of nitrogens with one attached hydrogen (secondary N) is 2. The van der Waals surface area contributed by atoms with E-state index in [1.54, 1.807) is 4.72 Å². The SMILES string of the molecule is CCN(CC)CC.O=C(NS(=O)(=O)OC[C@H]1O[C@@H](n2cnc3c(NC4CC4)nc(-c4ccccc4)nc32)C(O)C1O)c1ccccc1O. The molecular weight excluding hydrogens is 642 g/mol. The lowest BCUT2D eigenvalue weighted by Gasteiger charge is -2.17. The number of ether oxygens (including phenoxy) is 1. The van der Waals surface area contributed by atoms with Crippen LogP contribution in [0.15, 0.2) is 60.9 Å². The minimum absolute atomic E-state index is 0.270. The number of imidazole rings is 1. The quantitative estimate of drug-likeness (QED) is 0.146. The van der Waals surface area contributed by atoms with Crippen LogP contribution in [0.3, 0.4) is 0 Å². The molecule has 0 bridgehead atoms. The number of hydrogen-bond acceptors (Lipinski definition) is 13. The summed E-state index contributed by atoms with van der Waals surface area (Å²) in [5, 5.41) is 34.6. The maximum absolute atomic E-state index is 12.4. The molecule has 16 heteroatoms. The number of aliphatic hydroxyl groups excluding tert-OH is 2. The molecule has 2 fully saturated rings. The molecule has 258 valence electrons. The smallest absolute Gasteiger partial charge is 0.362 e. The molecule has 1 saturated heterocycles. The lowest BCUT2D eigenvalue weighted by molar-refractivity contribution is -0.0468. The standard InChI is InChI=1S/C26H26N6O8S.C6H15N/c33-17-9-5-4-8-16(17)25(36)31-41(37,38)39-12-18-20(34)21(35)26(40-18)32-13-27-19-23(28-15-10-11-15)29-22(30-24(19)32)14-6-2-1-3-7-14;1-4-7(5-2)6-3/h1-9,13,15,18,20-21,26,33-35H,10-12H2,(H,31,36)(H,28,29,30);4-6H2,1-3H3/t18-,20?,21?,26-;/m1./s1. The zero-order valence-corrected chi connectivity index (χ0v) is 27.7. The number of carbonyl (C=O) groups excluding carboxylic acids is 1. The minimum atomic E-state index is -4.66. The van der Waals surface area contributed by atoms with Crippen molar-refractivity contribution in [3.8, 4) is 17.1 Å². The number of amides is 1. The second kappa shape index (κ2) is 15.4. The van der Waals surface area contributed by atoms with Gasteiger partial charge in [-0.05, 0) is 44.6 Å². The third-order valence-electron chi connectivity index (χ3n) is 8.08. The third-order valence-corrected chi connectivity index (χ3v) is 8.96. The van der Waals surface area contributed by atoms with Crippen LogP contribution >= 0.6 is 0 Å². The van der Waals surface area contributed by atoms with Crippen molar-refractivity contribution in [3.05, 3.63) is 66.5 Å². The Morgan fingerprint density at radius 3 is 2.29 bits per heavy atom. The second-order valence-corrected chi connectivity index (χ2v) is 12.7. The Labute approximate surface area is 278 Å². The molecule has 1 amide bonds. The Morgan fingerprint density at radius 1 is 1.00 bits per heavy atom. The van der Waals surface area contributed by atoms with E-state index in [4.69, 9.17) is 8.92 Å². The lowest BCUT2D eigenvalue weighted by Crippen LogP contribution is -2.37. The van der Waals surface area contributed by atoms with Crippen molar-refractivity contribution in [2.45, 2.75) is 64.2 Å². The van der Waals surface area contributed by atoms with Gasteiger partial charge in [0.25, 0.3) is 5.91 Å². The summed E-state index contributed by atoms with van der Waals surface area (Å²) < 4.78 is 38.6. The number of rotatable bonds is 12. The Kier molecular flexibility index (Phi) is 11.2. The number of hydrogen-bond donors (Lipinski definition) is 5. The molecule has 15 nitrogen and oxygen atoms in total. The molecule has 48 heavy (non-hydrogen) atoms. The Bertz CT molecular complexity index is 1790. The van der Waals surface area contributed by atoms with E-state index in [1.165, 1.54) is 54.8 Å². The van der Waals surface area contributed by atoms with E-state index in [0.717, 1.165) is 18.4 Å². The molecule has 6 rings (SSSR count). The maximum atomic E-state index is 12.4. The molecule has 0 spiro atoms. The van der Waals surface area contributed by atoms with E-state index in [0.29, 0.717) is 22.8 Å². The van der Waals surface area contributed by atoms with Crippen LogP contribution < -0.4 is 10.0 Å². The van der Waals surface area contributed by atoms with E-state index in [-0.39, 0.29) is 11.6 Å². The summed E-state index contributed by atoms with van der Waals surface area (Å²) in [6, 6.07) is 15.0. The van der Waals surface area contributed by atoms with Crippen molar-refractivity contribution >= 4 is 33.2 Å². The summed E-state index contributed by atoms with van der Waals surface area (Å²) in [7, 11) is -4.66. The predicted molar refractivity (Wildman–Crippen MR) is 177 cm³/mol. The molecule has 2 aliphatic rings. The summed E-state index contributed by atoms with van der Waals surface area (Å²) in [6.45, 7) is 9.41. The zero-order valence-electron chi connectivity index (χ0n) is 26.9. The molecule has 0 radical (unpaired) electrons. The number of aliphatic hydroxyl groups is 2. The van der Waals surface area contributed by atoms with Crippen molar-refractivity contribution in [2.24, 2.45) is 0 Å². The fourth-order valence-corrected chi connectivity index (χ4v) is 5.84. The van der Waals surface area contributed by atoms with Crippen LogP contribution in [0.2, 0.25) is 0 Å². The molecule has 3 heterocycles. The van der Waals surface area contributed by atoms with Gasteiger partial charge in [-0.25, -0.2) is 19.7 Å². The van der Waals surface area contributed by atoms with Crippen molar-refractivity contribution in [1.82, 2.24) is 29.1 Å². The van der Waals surface area contributed by atoms with E-state index in [9.17, 15) is 28.5 Å². The van der Waals surface area contributed by atoms with Gasteiger partial charge in [-0.2, -0.15) is 8.42 Å². The van der Waals surface area contributed by atoms with Crippen LogP contribution in [0.4, 0.5) is 5.82 Å². The van der Waals surface area contributed by atoms with E-state index in [1.807, 2.05) is 30.3 Å². The Morgan fingerprint density at radius 2 is 1.67 bits per heavy atom. The number of phenolic OH excluding ortho intramolecular Hbond substituents is 1. The van der Waals surface area contributed by atoms with Gasteiger partial charge in [0, 0.05) is 11.6 Å². The van der Waals surface area contributed by atoms with Crippen LogP contribution in [0.1, 0.15) is 50.2 Å². The first-order valence-corrected chi connectivity index (χ1v) is 17.3. The highest BCUT2D eigenvalue weighted by Crippen LogP contribution is 2.35. The minimum Gasteiger partial charge on any atom is -0.507 e. The summed E-state index contributed by atoms with van der Waals surface area (Å²) >= 11 is 0. The van der Waals surface area contributed by atoms with Gasteiger partial charge in [-0.15, -0.1) is 0 Å². The molecule has 4 atom stereocenters. The van der Waals surface area contributed by atoms with Gasteiger partial charge in [0.05, 0.1) is 18.5 Å². The van der Waals surface area contributed by atoms with Gasteiger partial charge in [-0.3, -0.25) is 13.5 Å². The molecule has 2 aromatic carbocycles.